The highest BCUT2D eigenvalue weighted by Crippen LogP contribution is 2.22. The number of hydrogen-bond donors (Lipinski definition) is 1. The fourth-order valence-electron chi connectivity index (χ4n) is 1.86. The van der Waals surface area contributed by atoms with E-state index >= 15 is 0 Å². The number of H-pyrrole nitrogens is 1. The molecule has 0 radical (unpaired) electrons. The van der Waals surface area contributed by atoms with E-state index in [0.29, 0.717) is 11.4 Å². The quantitative estimate of drug-likeness (QED) is 0.871. The maximum absolute atomic E-state index is 12.6. The van der Waals surface area contributed by atoms with Crippen LogP contribution in [0.2, 0.25) is 0 Å². The largest absolute Gasteiger partial charge is 0.443 e. The first kappa shape index (κ1) is 19.4. The Hall–Kier alpha value is -2.97. The lowest BCUT2D eigenvalue weighted by molar-refractivity contribution is 0.0429. The first-order valence-electron chi connectivity index (χ1n) is 8.04. The maximum atomic E-state index is 12.6. The van der Waals surface area contributed by atoms with Crippen LogP contribution in [0.1, 0.15) is 41.5 Å². The van der Waals surface area contributed by atoms with Crippen molar-refractivity contribution in [3.8, 4) is 11.4 Å². The van der Waals surface area contributed by atoms with E-state index < -0.39 is 23.4 Å². The van der Waals surface area contributed by atoms with Crippen molar-refractivity contribution in [2.24, 2.45) is 0 Å². The van der Waals surface area contributed by atoms with Crippen molar-refractivity contribution in [1.82, 2.24) is 20.2 Å². The van der Waals surface area contributed by atoms with Crippen molar-refractivity contribution in [3.63, 3.8) is 0 Å². The number of hydrogen-bond acceptors (Lipinski definition) is 7. The summed E-state index contributed by atoms with van der Waals surface area (Å²) in [7, 11) is 0. The Kier molecular flexibility index (Phi) is 5.29. The highest BCUT2D eigenvalue weighted by molar-refractivity contribution is 6.08. The molecule has 0 saturated carbocycles. The molecule has 0 fully saturated rings. The van der Waals surface area contributed by atoms with Crippen molar-refractivity contribution in [3.05, 3.63) is 24.7 Å². The van der Waals surface area contributed by atoms with Crippen LogP contribution in [0, 0.1) is 0 Å². The zero-order chi connectivity index (χ0) is 19.5. The van der Waals surface area contributed by atoms with Gasteiger partial charge in [-0.25, -0.2) is 19.6 Å². The number of nitrogens with zero attached hydrogens (tertiary/aromatic N) is 4. The summed E-state index contributed by atoms with van der Waals surface area (Å²) in [5.41, 5.74) is -0.976. The van der Waals surface area contributed by atoms with E-state index in [1.165, 1.54) is 18.5 Å². The van der Waals surface area contributed by atoms with Crippen LogP contribution in [0.4, 0.5) is 15.4 Å². The second-order valence-electron chi connectivity index (χ2n) is 7.52. The molecule has 2 rings (SSSR count). The third-order valence-electron chi connectivity index (χ3n) is 2.78. The Bertz CT molecular complexity index is 747. The van der Waals surface area contributed by atoms with E-state index in [4.69, 9.17) is 9.47 Å². The predicted molar refractivity (Wildman–Crippen MR) is 94.6 cm³/mol. The van der Waals surface area contributed by atoms with Crippen LogP contribution in [0.5, 0.6) is 0 Å². The number of rotatable bonds is 2. The summed E-state index contributed by atoms with van der Waals surface area (Å²) in [6.45, 7) is 10.2. The van der Waals surface area contributed by atoms with Gasteiger partial charge in [-0.15, -0.1) is 0 Å². The molecule has 9 nitrogen and oxygen atoms in total. The van der Waals surface area contributed by atoms with Crippen LogP contribution in [-0.4, -0.2) is 43.6 Å². The molecule has 0 aliphatic rings. The SMILES string of the molecule is CC(C)(C)OC(=O)N(C(=O)OC(C)(C)C)c1ccnc(-c2cn[nH]c2)n1. The molecular weight excluding hydrogens is 338 g/mol. The molecule has 0 unspecified atom stereocenters. The Morgan fingerprint density at radius 2 is 1.62 bits per heavy atom. The van der Waals surface area contributed by atoms with Gasteiger partial charge in [0, 0.05) is 18.5 Å². The van der Waals surface area contributed by atoms with Crippen molar-refractivity contribution in [1.29, 1.82) is 0 Å². The number of amides is 2. The predicted octanol–water partition coefficient (Wildman–Crippen LogP) is 3.54. The normalized spacial score (nSPS) is 11.8. The van der Waals surface area contributed by atoms with Crippen LogP contribution in [-0.2, 0) is 9.47 Å². The number of anilines is 1. The Morgan fingerprint density at radius 1 is 1.04 bits per heavy atom. The van der Waals surface area contributed by atoms with Crippen LogP contribution in [0.25, 0.3) is 11.4 Å². The summed E-state index contributed by atoms with van der Waals surface area (Å²) in [4.78, 5) is 34.4. The summed E-state index contributed by atoms with van der Waals surface area (Å²) in [5, 5.41) is 6.50. The number of aromatic amines is 1. The average molecular weight is 361 g/mol. The number of carbonyl (C=O) groups is 2. The number of nitrogens with one attached hydrogen (secondary N) is 1. The molecule has 0 bridgehead atoms. The van der Waals surface area contributed by atoms with Crippen LogP contribution in [0.3, 0.4) is 0 Å². The van der Waals surface area contributed by atoms with E-state index in [0.717, 1.165) is 4.90 Å². The molecule has 0 aliphatic heterocycles. The molecule has 0 spiro atoms. The fourth-order valence-corrected chi connectivity index (χ4v) is 1.86. The van der Waals surface area contributed by atoms with Gasteiger partial charge < -0.3 is 9.47 Å². The lowest BCUT2D eigenvalue weighted by atomic mass is 10.2. The van der Waals surface area contributed by atoms with E-state index in [1.54, 1.807) is 47.7 Å². The maximum Gasteiger partial charge on any atom is 0.425 e. The smallest absolute Gasteiger partial charge is 0.425 e. The summed E-state index contributed by atoms with van der Waals surface area (Å²) in [5.74, 6) is 0.341. The van der Waals surface area contributed by atoms with Crippen LogP contribution < -0.4 is 4.90 Å². The minimum absolute atomic E-state index is 0.0414. The second-order valence-corrected chi connectivity index (χ2v) is 7.52. The molecule has 2 aromatic heterocycles. The standard InChI is InChI=1S/C17H23N5O4/c1-16(2,3)25-14(23)22(15(24)26-17(4,5)6)12-7-8-18-13(21-12)11-9-19-20-10-11/h7-10H,1-6H3,(H,19,20). The number of ether oxygens (including phenoxy) is 2. The molecule has 9 heteroatoms. The summed E-state index contributed by atoms with van der Waals surface area (Å²) < 4.78 is 10.7. The average Bonchev–Trinajstić information content (AvgIpc) is 2.97. The minimum atomic E-state index is -0.886. The molecule has 1 N–H and O–H groups in total. The van der Waals surface area contributed by atoms with Crippen molar-refractivity contribution >= 4 is 18.0 Å². The van der Waals surface area contributed by atoms with E-state index in [1.807, 2.05) is 0 Å². The summed E-state index contributed by atoms with van der Waals surface area (Å²) in [6.07, 6.45) is 2.80. The van der Waals surface area contributed by atoms with Gasteiger partial charge in [0.15, 0.2) is 11.6 Å². The molecule has 140 valence electrons. The molecule has 2 heterocycles. The topological polar surface area (TPSA) is 110 Å². The minimum Gasteiger partial charge on any atom is -0.443 e. The lowest BCUT2D eigenvalue weighted by Crippen LogP contribution is -2.44. The zero-order valence-corrected chi connectivity index (χ0v) is 15.7. The van der Waals surface area contributed by atoms with E-state index in [2.05, 4.69) is 20.2 Å². The molecule has 26 heavy (non-hydrogen) atoms. The Balaban J connectivity index is 2.41. The zero-order valence-electron chi connectivity index (χ0n) is 15.7. The molecule has 0 atom stereocenters. The van der Waals surface area contributed by atoms with Crippen LogP contribution in [0.15, 0.2) is 24.7 Å². The highest BCUT2D eigenvalue weighted by Gasteiger charge is 2.33. The highest BCUT2D eigenvalue weighted by atomic mass is 16.6. The van der Waals surface area contributed by atoms with Crippen molar-refractivity contribution in [2.45, 2.75) is 52.7 Å². The van der Waals surface area contributed by atoms with Gasteiger partial charge >= 0.3 is 12.2 Å². The number of aromatic nitrogens is 4. The molecule has 0 saturated heterocycles. The molecule has 0 aliphatic carbocycles. The first-order valence-corrected chi connectivity index (χ1v) is 8.04. The van der Waals surface area contributed by atoms with Crippen molar-refractivity contribution in [2.75, 3.05) is 4.90 Å². The van der Waals surface area contributed by atoms with Gasteiger partial charge in [0.2, 0.25) is 0 Å². The van der Waals surface area contributed by atoms with Crippen molar-refractivity contribution < 1.29 is 19.1 Å². The van der Waals surface area contributed by atoms with Gasteiger partial charge in [-0.1, -0.05) is 0 Å². The first-order chi connectivity index (χ1) is 12.0. The van der Waals surface area contributed by atoms with Gasteiger partial charge in [-0.2, -0.15) is 10.00 Å². The third kappa shape index (κ3) is 5.27. The lowest BCUT2D eigenvalue weighted by Gasteiger charge is -2.28. The van der Waals surface area contributed by atoms with E-state index in [9.17, 15) is 9.59 Å². The molecule has 2 amide bonds. The number of imide groups is 1. The van der Waals surface area contributed by atoms with Gasteiger partial charge in [0.1, 0.15) is 11.2 Å². The van der Waals surface area contributed by atoms with Crippen LogP contribution >= 0.6 is 0 Å². The van der Waals surface area contributed by atoms with Gasteiger partial charge in [-0.05, 0) is 41.5 Å². The molecular formula is C17H23N5O4. The summed E-state index contributed by atoms with van der Waals surface area (Å²) >= 11 is 0. The molecule has 0 aromatic carbocycles. The third-order valence-corrected chi connectivity index (χ3v) is 2.78. The number of carbonyl (C=O) groups excluding carboxylic acids is 2. The second kappa shape index (κ2) is 7.11. The Morgan fingerprint density at radius 3 is 2.08 bits per heavy atom. The summed E-state index contributed by atoms with van der Waals surface area (Å²) in [6, 6.07) is 1.43. The molecule has 2 aromatic rings. The Labute approximate surface area is 151 Å². The van der Waals surface area contributed by atoms with Gasteiger partial charge in [-0.3, -0.25) is 5.10 Å². The monoisotopic (exact) mass is 361 g/mol. The fraction of sp³-hybridized carbons (Fsp3) is 0.471. The van der Waals surface area contributed by atoms with E-state index in [-0.39, 0.29) is 5.82 Å². The van der Waals surface area contributed by atoms with Gasteiger partial charge in [0.05, 0.1) is 11.8 Å². The van der Waals surface area contributed by atoms with Gasteiger partial charge in [0.25, 0.3) is 0 Å².